The molecule has 1 heterocycles. The van der Waals surface area contributed by atoms with E-state index in [9.17, 15) is 9.59 Å². The van der Waals surface area contributed by atoms with Gasteiger partial charge in [0.1, 0.15) is 11.4 Å². The van der Waals surface area contributed by atoms with Crippen molar-refractivity contribution in [1.29, 1.82) is 0 Å². The molecule has 4 rings (SSSR count). The monoisotopic (exact) mass is 452 g/mol. The maximum Gasteiger partial charge on any atom is 0.278 e. The summed E-state index contributed by atoms with van der Waals surface area (Å²) in [7, 11) is 1.56. The third-order valence-electron chi connectivity index (χ3n) is 4.89. The largest absolute Gasteiger partial charge is 0.497 e. The van der Waals surface area contributed by atoms with Crippen LogP contribution in [0.4, 0.5) is 5.69 Å². The molecule has 1 aliphatic heterocycles. The van der Waals surface area contributed by atoms with Crippen LogP contribution in [0.2, 0.25) is 10.0 Å². The number of carbonyl (C=O) groups excluding carboxylic acids is 2. The van der Waals surface area contributed by atoms with Crippen molar-refractivity contribution >= 4 is 46.3 Å². The van der Waals surface area contributed by atoms with Gasteiger partial charge in [-0.3, -0.25) is 14.5 Å². The van der Waals surface area contributed by atoms with Gasteiger partial charge >= 0.3 is 0 Å². The lowest BCUT2D eigenvalue weighted by Crippen LogP contribution is -2.32. The van der Waals surface area contributed by atoms with Gasteiger partial charge in [-0.1, -0.05) is 65.7 Å². The third kappa shape index (κ3) is 4.29. The van der Waals surface area contributed by atoms with Crippen LogP contribution in [0.25, 0.3) is 5.57 Å². The van der Waals surface area contributed by atoms with E-state index < -0.39 is 11.8 Å². The van der Waals surface area contributed by atoms with Gasteiger partial charge < -0.3 is 10.1 Å². The van der Waals surface area contributed by atoms with Crippen molar-refractivity contribution in [3.05, 3.63) is 99.7 Å². The molecule has 0 spiro atoms. The summed E-state index contributed by atoms with van der Waals surface area (Å²) in [6, 6.07) is 21.3. The van der Waals surface area contributed by atoms with Gasteiger partial charge in [0.05, 0.1) is 24.3 Å². The summed E-state index contributed by atoms with van der Waals surface area (Å²) in [4.78, 5) is 27.9. The maximum absolute atomic E-state index is 13.4. The van der Waals surface area contributed by atoms with Gasteiger partial charge in [0.2, 0.25) is 0 Å². The van der Waals surface area contributed by atoms with Crippen LogP contribution in [-0.4, -0.2) is 23.8 Å². The molecule has 3 aromatic carbocycles. The van der Waals surface area contributed by atoms with E-state index in [0.717, 1.165) is 5.56 Å². The number of nitrogens with zero attached hydrogens (tertiary/aromatic N) is 1. The minimum atomic E-state index is -0.433. The Hall–Kier alpha value is -3.28. The summed E-state index contributed by atoms with van der Waals surface area (Å²) in [5.74, 6) is -0.240. The molecule has 0 unspecified atom stereocenters. The van der Waals surface area contributed by atoms with Crippen LogP contribution < -0.4 is 10.1 Å². The second-order valence-corrected chi connectivity index (χ2v) is 7.76. The number of rotatable bonds is 6. The Bertz CT molecular complexity index is 1190. The molecular weight excluding hydrogens is 435 g/mol. The van der Waals surface area contributed by atoms with E-state index in [1.807, 2.05) is 30.3 Å². The van der Waals surface area contributed by atoms with Crippen molar-refractivity contribution in [2.75, 3.05) is 12.4 Å². The molecule has 0 atom stereocenters. The van der Waals surface area contributed by atoms with Gasteiger partial charge in [-0.2, -0.15) is 0 Å². The van der Waals surface area contributed by atoms with Gasteiger partial charge in [-0.15, -0.1) is 0 Å². The molecule has 3 aromatic rings. The molecular formula is C24H18Cl2N2O3. The highest BCUT2D eigenvalue weighted by Crippen LogP contribution is 2.36. The molecule has 5 nitrogen and oxygen atoms in total. The number of benzene rings is 3. The summed E-state index contributed by atoms with van der Waals surface area (Å²) in [5, 5.41) is 3.82. The number of amides is 2. The van der Waals surface area contributed by atoms with Crippen molar-refractivity contribution in [1.82, 2.24) is 4.90 Å². The van der Waals surface area contributed by atoms with Gasteiger partial charge in [-0.25, -0.2) is 0 Å². The van der Waals surface area contributed by atoms with Crippen LogP contribution in [-0.2, 0) is 16.1 Å². The van der Waals surface area contributed by atoms with Gasteiger partial charge in [0.25, 0.3) is 11.8 Å². The Balaban J connectivity index is 1.78. The number of methoxy groups -OCH3 is 1. The quantitative estimate of drug-likeness (QED) is 0.509. The summed E-state index contributed by atoms with van der Waals surface area (Å²) >= 11 is 12.4. The molecule has 2 amide bonds. The first-order valence-electron chi connectivity index (χ1n) is 9.49. The van der Waals surface area contributed by atoms with E-state index in [-0.39, 0.29) is 22.8 Å². The Morgan fingerprint density at radius 3 is 2.39 bits per heavy atom. The number of ether oxygens (including phenoxy) is 1. The molecule has 0 bridgehead atoms. The third-order valence-corrected chi connectivity index (χ3v) is 5.44. The number of nitrogens with one attached hydrogen (secondary N) is 1. The number of halogens is 2. The second-order valence-electron chi connectivity index (χ2n) is 6.91. The lowest BCUT2D eigenvalue weighted by molar-refractivity contribution is -0.137. The van der Waals surface area contributed by atoms with E-state index in [1.165, 1.54) is 4.90 Å². The molecule has 0 aromatic heterocycles. The van der Waals surface area contributed by atoms with Gasteiger partial charge in [0, 0.05) is 22.3 Å². The number of imide groups is 1. The number of anilines is 1. The molecule has 1 aliphatic rings. The summed E-state index contributed by atoms with van der Waals surface area (Å²) in [6.45, 7) is 0.149. The van der Waals surface area contributed by atoms with E-state index in [0.29, 0.717) is 22.0 Å². The van der Waals surface area contributed by atoms with Crippen LogP contribution >= 0.6 is 23.2 Å². The zero-order valence-corrected chi connectivity index (χ0v) is 18.1. The minimum Gasteiger partial charge on any atom is -0.497 e. The Morgan fingerprint density at radius 2 is 1.68 bits per heavy atom. The average Bonchev–Trinajstić information content (AvgIpc) is 2.99. The molecule has 156 valence electrons. The SMILES string of the molecule is COc1cccc(NC2=C(c3ccc(Cl)cc3Cl)C(=O)N(Cc3ccccc3)C2=O)c1. The second kappa shape index (κ2) is 8.84. The van der Waals surface area contributed by atoms with Crippen molar-refractivity contribution in [3.63, 3.8) is 0 Å². The smallest absolute Gasteiger partial charge is 0.278 e. The lowest BCUT2D eigenvalue weighted by atomic mass is 10.0. The predicted molar refractivity (Wildman–Crippen MR) is 122 cm³/mol. The van der Waals surface area contributed by atoms with Crippen molar-refractivity contribution < 1.29 is 14.3 Å². The minimum absolute atomic E-state index is 0.149. The van der Waals surface area contributed by atoms with Crippen LogP contribution in [0.3, 0.4) is 0 Å². The highest BCUT2D eigenvalue weighted by atomic mass is 35.5. The standard InChI is InChI=1S/C24H18Cl2N2O3/c1-31-18-9-5-8-17(13-18)27-22-21(19-11-10-16(25)12-20(19)26)23(29)28(24(22)30)14-15-6-3-2-4-7-15/h2-13,27H,14H2,1H3. The fourth-order valence-electron chi connectivity index (χ4n) is 3.39. The van der Waals surface area contributed by atoms with E-state index >= 15 is 0 Å². The first kappa shape index (κ1) is 21.0. The zero-order chi connectivity index (χ0) is 22.0. The van der Waals surface area contributed by atoms with Crippen LogP contribution in [0.5, 0.6) is 5.75 Å². The van der Waals surface area contributed by atoms with Gasteiger partial charge in [0.15, 0.2) is 0 Å². The highest BCUT2D eigenvalue weighted by molar-refractivity contribution is 6.41. The number of hydrogen-bond donors (Lipinski definition) is 1. The van der Waals surface area contributed by atoms with E-state index in [2.05, 4.69) is 5.32 Å². The van der Waals surface area contributed by atoms with Crippen LogP contribution in [0.15, 0.2) is 78.5 Å². The van der Waals surface area contributed by atoms with Crippen LogP contribution in [0, 0.1) is 0 Å². The molecule has 0 fully saturated rings. The summed E-state index contributed by atoms with van der Waals surface area (Å²) in [6.07, 6.45) is 0. The first-order valence-corrected chi connectivity index (χ1v) is 10.2. The summed E-state index contributed by atoms with van der Waals surface area (Å²) in [5.41, 5.74) is 2.24. The molecule has 1 N–H and O–H groups in total. The van der Waals surface area contributed by atoms with Gasteiger partial charge in [-0.05, 0) is 29.8 Å². The first-order chi connectivity index (χ1) is 15.0. The van der Waals surface area contributed by atoms with E-state index in [1.54, 1.807) is 49.6 Å². The number of hydrogen-bond acceptors (Lipinski definition) is 4. The highest BCUT2D eigenvalue weighted by Gasteiger charge is 2.40. The topological polar surface area (TPSA) is 58.6 Å². The number of carbonyl (C=O) groups is 2. The molecule has 0 aliphatic carbocycles. The molecule has 0 saturated heterocycles. The van der Waals surface area contributed by atoms with E-state index in [4.69, 9.17) is 27.9 Å². The van der Waals surface area contributed by atoms with Crippen LogP contribution in [0.1, 0.15) is 11.1 Å². The molecule has 7 heteroatoms. The van der Waals surface area contributed by atoms with Crippen molar-refractivity contribution in [3.8, 4) is 5.75 Å². The normalized spacial score (nSPS) is 13.7. The summed E-state index contributed by atoms with van der Waals surface area (Å²) < 4.78 is 5.26. The fourth-order valence-corrected chi connectivity index (χ4v) is 3.89. The Morgan fingerprint density at radius 1 is 0.903 bits per heavy atom. The van der Waals surface area contributed by atoms with Crippen molar-refractivity contribution in [2.24, 2.45) is 0 Å². The Labute approximate surface area is 189 Å². The van der Waals surface area contributed by atoms with Crippen molar-refractivity contribution in [2.45, 2.75) is 6.54 Å². The fraction of sp³-hybridized carbons (Fsp3) is 0.0833. The maximum atomic E-state index is 13.4. The molecule has 0 saturated carbocycles. The molecule has 31 heavy (non-hydrogen) atoms. The molecule has 0 radical (unpaired) electrons. The lowest BCUT2D eigenvalue weighted by Gasteiger charge is -2.15. The zero-order valence-electron chi connectivity index (χ0n) is 16.6. The average molecular weight is 453 g/mol. The predicted octanol–water partition coefficient (Wildman–Crippen LogP) is 5.39. The Kier molecular flexibility index (Phi) is 5.98.